The van der Waals surface area contributed by atoms with Crippen LogP contribution in [-0.2, 0) is 20.7 Å². The Kier molecular flexibility index (Phi) is 8.94. The highest BCUT2D eigenvalue weighted by molar-refractivity contribution is 5.92. The molecule has 3 rings (SSSR count). The summed E-state index contributed by atoms with van der Waals surface area (Å²) in [6.45, 7) is 5.82. The third-order valence-corrected chi connectivity index (χ3v) is 6.68. The Morgan fingerprint density at radius 3 is 2.61 bits per heavy atom. The van der Waals surface area contributed by atoms with Crippen LogP contribution in [-0.4, -0.2) is 65.1 Å². The molecule has 0 aliphatic carbocycles. The van der Waals surface area contributed by atoms with Crippen LogP contribution in [0.3, 0.4) is 0 Å². The number of benzene rings is 1. The van der Waals surface area contributed by atoms with Gasteiger partial charge in [0.25, 0.3) is 0 Å². The monoisotopic (exact) mass is 500 g/mol. The van der Waals surface area contributed by atoms with Crippen molar-refractivity contribution in [3.8, 4) is 0 Å². The molecule has 2 aliphatic rings. The highest BCUT2D eigenvalue weighted by Gasteiger charge is 2.53. The third-order valence-electron chi connectivity index (χ3n) is 6.68. The number of hydrogen-bond donors (Lipinski definition) is 4. The van der Waals surface area contributed by atoms with E-state index in [0.717, 1.165) is 31.1 Å². The Balaban J connectivity index is 1.79. The van der Waals surface area contributed by atoms with E-state index in [1.807, 2.05) is 35.2 Å². The van der Waals surface area contributed by atoms with E-state index in [4.69, 9.17) is 16.2 Å². The number of alkyl carbamates (subject to hydrolysis) is 1. The number of amides is 2. The standard InChI is InChI=1S/C26H40N6O4/c1-25(2,3)36-24(35)31-26(16-18-8-5-4-6-9-18)14-13-20-11-12-21(32(20)22(26)34)30-19(17-33)10-7-15-29-23(27)28/h4-6,8-9,17,19-21,30H,7,10-16H2,1-3H3,(H,31,35)(H4,27,28,29)/t19?,20-,21-,26+/m0/s1. The van der Waals surface area contributed by atoms with Crippen LogP contribution in [0.5, 0.6) is 0 Å². The normalized spacial score (nSPS) is 24.5. The first-order valence-electron chi connectivity index (χ1n) is 12.7. The smallest absolute Gasteiger partial charge is 0.408 e. The van der Waals surface area contributed by atoms with Crippen LogP contribution < -0.4 is 22.1 Å². The molecule has 6 N–H and O–H groups in total. The van der Waals surface area contributed by atoms with Gasteiger partial charge in [-0.3, -0.25) is 15.1 Å². The Morgan fingerprint density at radius 1 is 1.25 bits per heavy atom. The number of nitrogens with zero attached hydrogens (tertiary/aromatic N) is 2. The van der Waals surface area contributed by atoms with E-state index in [9.17, 15) is 14.4 Å². The van der Waals surface area contributed by atoms with E-state index in [2.05, 4.69) is 15.6 Å². The van der Waals surface area contributed by atoms with Crippen LogP contribution >= 0.6 is 0 Å². The molecule has 10 heteroatoms. The molecule has 0 radical (unpaired) electrons. The number of aliphatic imine (C=N–C) groups is 1. The molecule has 1 aromatic carbocycles. The van der Waals surface area contributed by atoms with Crippen LogP contribution in [0.25, 0.3) is 0 Å². The van der Waals surface area contributed by atoms with Gasteiger partial charge in [-0.2, -0.15) is 0 Å². The molecular weight excluding hydrogens is 460 g/mol. The van der Waals surface area contributed by atoms with Crippen LogP contribution in [0.4, 0.5) is 4.79 Å². The molecule has 2 heterocycles. The summed E-state index contributed by atoms with van der Waals surface area (Å²) in [5.41, 5.74) is 9.88. The van der Waals surface area contributed by atoms with Gasteiger partial charge in [-0.05, 0) is 64.9 Å². The van der Waals surface area contributed by atoms with Crippen LogP contribution in [0, 0.1) is 0 Å². The van der Waals surface area contributed by atoms with Crippen molar-refractivity contribution < 1.29 is 19.1 Å². The fraction of sp³-hybridized carbons (Fsp3) is 0.615. The molecule has 2 saturated heterocycles. The number of rotatable bonds is 10. The van der Waals surface area contributed by atoms with E-state index in [1.165, 1.54) is 0 Å². The van der Waals surface area contributed by atoms with Gasteiger partial charge in [-0.25, -0.2) is 4.79 Å². The quantitative estimate of drug-likeness (QED) is 0.165. The molecular formula is C26H40N6O4. The molecule has 2 amide bonds. The van der Waals surface area contributed by atoms with Crippen molar-refractivity contribution in [2.24, 2.45) is 16.5 Å². The van der Waals surface area contributed by atoms with Gasteiger partial charge in [0.1, 0.15) is 17.4 Å². The minimum atomic E-state index is -1.13. The zero-order valence-corrected chi connectivity index (χ0v) is 21.5. The first-order valence-corrected chi connectivity index (χ1v) is 12.7. The number of guanidine groups is 1. The van der Waals surface area contributed by atoms with Crippen molar-refractivity contribution in [1.82, 2.24) is 15.5 Å². The number of carbonyl (C=O) groups excluding carboxylic acids is 3. The molecule has 0 aromatic heterocycles. The summed E-state index contributed by atoms with van der Waals surface area (Å²) in [5.74, 6) is -0.121. The third kappa shape index (κ3) is 7.19. The zero-order chi connectivity index (χ0) is 26.3. The van der Waals surface area contributed by atoms with E-state index >= 15 is 0 Å². The highest BCUT2D eigenvalue weighted by Crippen LogP contribution is 2.38. The number of aldehydes is 1. The topological polar surface area (TPSA) is 152 Å². The van der Waals surface area contributed by atoms with Gasteiger partial charge in [-0.15, -0.1) is 0 Å². The molecule has 10 nitrogen and oxygen atoms in total. The summed E-state index contributed by atoms with van der Waals surface area (Å²) < 4.78 is 5.53. The van der Waals surface area contributed by atoms with Crippen molar-refractivity contribution in [2.75, 3.05) is 6.54 Å². The molecule has 0 spiro atoms. The number of hydrogen-bond acceptors (Lipinski definition) is 6. The number of piperidine rings is 1. The van der Waals surface area contributed by atoms with Crippen LogP contribution in [0.15, 0.2) is 35.3 Å². The van der Waals surface area contributed by atoms with Crippen LogP contribution in [0.2, 0.25) is 0 Å². The van der Waals surface area contributed by atoms with E-state index in [0.29, 0.717) is 32.2 Å². The molecule has 1 unspecified atom stereocenters. The minimum Gasteiger partial charge on any atom is -0.444 e. The summed E-state index contributed by atoms with van der Waals surface area (Å²) >= 11 is 0. The average Bonchev–Trinajstić information content (AvgIpc) is 3.20. The van der Waals surface area contributed by atoms with Gasteiger partial charge < -0.3 is 31.2 Å². The molecule has 36 heavy (non-hydrogen) atoms. The Bertz CT molecular complexity index is 944. The summed E-state index contributed by atoms with van der Waals surface area (Å²) in [5, 5.41) is 6.31. The number of nitrogens with one attached hydrogen (secondary N) is 2. The Hall–Kier alpha value is -3.14. The van der Waals surface area contributed by atoms with Crippen molar-refractivity contribution in [2.45, 2.75) is 95.1 Å². The first-order chi connectivity index (χ1) is 17.0. The summed E-state index contributed by atoms with van der Waals surface area (Å²) in [6, 6.07) is 9.30. The molecule has 4 atom stereocenters. The van der Waals surface area contributed by atoms with Gasteiger partial charge in [0, 0.05) is 19.0 Å². The van der Waals surface area contributed by atoms with Gasteiger partial charge >= 0.3 is 6.09 Å². The SMILES string of the molecule is CC(C)(C)OC(=O)N[C@@]1(Cc2ccccc2)CC[C@@H]2CC[C@@H](NC(C=O)CCCN=C(N)N)N2C1=O. The van der Waals surface area contributed by atoms with E-state index in [1.54, 1.807) is 20.8 Å². The minimum absolute atomic E-state index is 0.0235. The molecule has 0 bridgehead atoms. The van der Waals surface area contributed by atoms with Gasteiger partial charge in [0.15, 0.2) is 5.96 Å². The molecule has 2 fully saturated rings. The molecule has 0 saturated carbocycles. The van der Waals surface area contributed by atoms with Crippen LogP contribution in [0.1, 0.15) is 64.9 Å². The Labute approximate surface area is 213 Å². The number of ether oxygens (including phenoxy) is 1. The average molecular weight is 501 g/mol. The Morgan fingerprint density at radius 2 is 1.97 bits per heavy atom. The lowest BCUT2D eigenvalue weighted by atomic mass is 9.80. The summed E-state index contributed by atoms with van der Waals surface area (Å²) in [4.78, 5) is 44.6. The summed E-state index contributed by atoms with van der Waals surface area (Å²) in [6.07, 6.45) is 4.36. The maximum Gasteiger partial charge on any atom is 0.408 e. The first kappa shape index (κ1) is 27.4. The fourth-order valence-electron chi connectivity index (χ4n) is 5.13. The van der Waals surface area contributed by atoms with Gasteiger partial charge in [0.2, 0.25) is 5.91 Å². The predicted molar refractivity (Wildman–Crippen MR) is 138 cm³/mol. The lowest BCUT2D eigenvalue weighted by molar-refractivity contribution is -0.147. The lowest BCUT2D eigenvalue weighted by Gasteiger charge is -2.46. The fourth-order valence-corrected chi connectivity index (χ4v) is 5.13. The maximum atomic E-state index is 14.1. The van der Waals surface area contributed by atoms with E-state index in [-0.39, 0.29) is 24.1 Å². The molecule has 2 aliphatic heterocycles. The van der Waals surface area contributed by atoms with Gasteiger partial charge in [-0.1, -0.05) is 30.3 Å². The largest absolute Gasteiger partial charge is 0.444 e. The summed E-state index contributed by atoms with van der Waals surface area (Å²) in [7, 11) is 0. The van der Waals surface area contributed by atoms with E-state index < -0.39 is 23.3 Å². The van der Waals surface area contributed by atoms with Crippen molar-refractivity contribution >= 4 is 24.2 Å². The number of carbonyl (C=O) groups is 3. The number of fused-ring (bicyclic) bond motifs is 1. The second-order valence-corrected chi connectivity index (χ2v) is 10.7. The molecule has 198 valence electrons. The second kappa shape index (κ2) is 11.7. The highest BCUT2D eigenvalue weighted by atomic mass is 16.6. The van der Waals surface area contributed by atoms with Crippen molar-refractivity contribution in [3.05, 3.63) is 35.9 Å². The van der Waals surface area contributed by atoms with Crippen molar-refractivity contribution in [3.63, 3.8) is 0 Å². The predicted octanol–water partition coefficient (Wildman–Crippen LogP) is 1.81. The maximum absolute atomic E-state index is 14.1. The number of nitrogens with two attached hydrogens (primary N) is 2. The molecule has 1 aromatic rings. The van der Waals surface area contributed by atoms with Gasteiger partial charge in [0.05, 0.1) is 12.2 Å². The zero-order valence-electron chi connectivity index (χ0n) is 21.5. The second-order valence-electron chi connectivity index (χ2n) is 10.7. The van der Waals surface area contributed by atoms with Crippen molar-refractivity contribution in [1.29, 1.82) is 0 Å². The lowest BCUT2D eigenvalue weighted by Crippen LogP contribution is -2.68.